The van der Waals surface area contributed by atoms with E-state index in [0.717, 1.165) is 46.2 Å². The second kappa shape index (κ2) is 45.6. The van der Waals surface area contributed by atoms with Gasteiger partial charge in [-0.2, -0.15) is 0 Å². The number of hydrogen-bond donors (Lipinski definition) is 0. The molecule has 7 aromatic carbocycles. The third-order valence-electron chi connectivity index (χ3n) is 19.5. The van der Waals surface area contributed by atoms with Crippen molar-refractivity contribution in [3.8, 4) is 0 Å². The highest BCUT2D eigenvalue weighted by atomic mass is 32.2. The number of unbranched alkanes of at least 4 members (excludes halogenated alkanes) is 1. The fourth-order valence-electron chi connectivity index (χ4n) is 9.67. The molecule has 678 valence electrons. The SMILES string of the molecule is CC(C)(C)S(=O)(=O)Cc1ccccc1.CC(C)c1ccc(S(=O)(=O)C(C)(C)C)cc1.CC(c1ccccc1)C(C)(C)C.CCCCS(=O)(=O)C(C)(C)C.Cc1ccc(C(=O)C(C)(C)C)cc1.Cc1ccc(C(=O)C(C)(C)C)cc1.Cc1ccc(S(=O)(=O)C(C)(C)C)cc1.Cc1ccc(S(=O)(=O)C(C)(C)C)cc1.Cc1nc(S(=O)(=O)C(C)(C)C)cn1C. The summed E-state index contributed by atoms with van der Waals surface area (Å²) in [4.78, 5) is 28.8. The number of carbonyl (C=O) groups is 2. The molecule has 1 aromatic heterocycles. The molecule has 0 spiro atoms. The van der Waals surface area contributed by atoms with E-state index in [-0.39, 0.29) is 33.2 Å². The van der Waals surface area contributed by atoms with Gasteiger partial charge in [0.25, 0.3) is 0 Å². The van der Waals surface area contributed by atoms with Gasteiger partial charge in [-0.25, -0.2) is 55.5 Å². The Bertz CT molecular complexity index is 5050. The molecular formula is C99H152N2O14S6. The first kappa shape index (κ1) is 114. The van der Waals surface area contributed by atoms with Gasteiger partial charge in [-0.05, 0) is 236 Å². The van der Waals surface area contributed by atoms with Crippen LogP contribution in [0.1, 0.15) is 305 Å². The second-order valence-corrected chi connectivity index (χ2v) is 56.4. The largest absolute Gasteiger partial charge is 0.337 e. The summed E-state index contributed by atoms with van der Waals surface area (Å²) >= 11 is 0. The first-order valence-electron chi connectivity index (χ1n) is 41.3. The summed E-state index contributed by atoms with van der Waals surface area (Å²) in [5.41, 5.74) is 9.36. The van der Waals surface area contributed by atoms with Gasteiger partial charge >= 0.3 is 0 Å². The maximum absolute atomic E-state index is 12.1. The summed E-state index contributed by atoms with van der Waals surface area (Å²) in [6.45, 7) is 67.5. The van der Waals surface area contributed by atoms with E-state index in [0.29, 0.717) is 43.5 Å². The van der Waals surface area contributed by atoms with Crippen LogP contribution in [0.5, 0.6) is 0 Å². The molecular weight excluding hydrogens is 1630 g/mol. The molecule has 8 rings (SSSR count). The fraction of sp³-hybridized carbons (Fsp3) is 0.525. The molecule has 0 radical (unpaired) electrons. The fourth-order valence-corrected chi connectivity index (χ4v) is 16.8. The molecule has 0 saturated heterocycles. The standard InChI is InChI=1S/C13H20O2S.2C12H16O.C12H18.3C11H16O2S.C9H16N2O2S.C8H18O2S/c1-10(2)11-6-8-12(9-7-11)16(14,15)13(3,4)5;2*1-9-5-7-10(8-6-9)11(13)12(2,3)4;1-10(12(2,3)4)11-8-6-5-7-9-11;2*1-9-5-7-10(8-6-9)14(12,13)11(2,3)4;1-11(2,3)14(12,13)9-10-7-5-4-6-8-10;1-7-10-8(6-11(7)5)14(12,13)9(2,3)4;1-5-6-7-11(9,10)8(2,3)4/h6-10H,1-5H3;2*5-8H,1-4H3;5-10H,1-4H3;2*5-8H,1-4H3;4-8H,9H2,1-3H3;6H,1-5H3;5-7H2,1-4H3. The molecule has 1 atom stereocenters. The zero-order valence-corrected chi connectivity index (χ0v) is 85.3. The molecule has 0 N–H and O–H groups in total. The van der Waals surface area contributed by atoms with Gasteiger partial charge in [0, 0.05) is 35.2 Å². The first-order valence-corrected chi connectivity index (χ1v) is 50.5. The zero-order chi connectivity index (χ0) is 94.9. The minimum Gasteiger partial charge on any atom is -0.337 e. The lowest BCUT2D eigenvalue weighted by Gasteiger charge is -2.27. The number of hydrogen-bond acceptors (Lipinski definition) is 15. The Balaban J connectivity index is 0.00000134. The lowest BCUT2D eigenvalue weighted by atomic mass is 9.78. The Kier molecular flexibility index (Phi) is 42.9. The topological polar surface area (TPSA) is 257 Å². The minimum absolute atomic E-state index is 0.122. The first-order chi connectivity index (χ1) is 54.3. The average molecular weight is 1790 g/mol. The van der Waals surface area contributed by atoms with Crippen LogP contribution in [0, 0.1) is 50.9 Å². The van der Waals surface area contributed by atoms with Crippen molar-refractivity contribution in [2.45, 2.75) is 328 Å². The predicted octanol–water partition coefficient (Wildman–Crippen LogP) is 24.5. The number of Topliss-reactive ketones (excluding diaryl/α,β-unsaturated/α-hetero) is 2. The number of sulfone groups is 6. The molecule has 0 fully saturated rings. The molecule has 0 aliphatic carbocycles. The summed E-state index contributed by atoms with van der Waals surface area (Å²) in [5, 5.41) is 0.157. The van der Waals surface area contributed by atoms with Crippen LogP contribution in [-0.2, 0) is 71.8 Å². The number of rotatable bonds is 13. The number of aromatic nitrogens is 2. The van der Waals surface area contributed by atoms with Crippen LogP contribution in [0.15, 0.2) is 208 Å². The van der Waals surface area contributed by atoms with Crippen LogP contribution in [0.2, 0.25) is 0 Å². The van der Waals surface area contributed by atoms with E-state index in [1.54, 1.807) is 186 Å². The lowest BCUT2D eigenvalue weighted by Crippen LogP contribution is -2.30. The van der Waals surface area contributed by atoms with E-state index >= 15 is 0 Å². The van der Waals surface area contributed by atoms with Crippen molar-refractivity contribution < 1.29 is 60.1 Å². The molecule has 8 aromatic rings. The molecule has 0 amide bonds. The third kappa shape index (κ3) is 37.2. The second-order valence-electron chi connectivity index (χ2n) is 40.1. The molecule has 0 saturated carbocycles. The highest BCUT2D eigenvalue weighted by molar-refractivity contribution is 7.94. The van der Waals surface area contributed by atoms with Crippen molar-refractivity contribution in [1.29, 1.82) is 0 Å². The zero-order valence-electron chi connectivity index (χ0n) is 80.4. The van der Waals surface area contributed by atoms with Crippen molar-refractivity contribution in [3.63, 3.8) is 0 Å². The molecule has 16 nitrogen and oxygen atoms in total. The summed E-state index contributed by atoms with van der Waals surface area (Å²) in [6.07, 6.45) is 3.27. The number of carbonyl (C=O) groups excluding carboxylic acids is 2. The van der Waals surface area contributed by atoms with E-state index < -0.39 is 87.5 Å². The van der Waals surface area contributed by atoms with Gasteiger partial charge in [-0.15, -0.1) is 0 Å². The van der Waals surface area contributed by atoms with E-state index in [1.807, 2.05) is 191 Å². The van der Waals surface area contributed by atoms with E-state index in [9.17, 15) is 60.1 Å². The Labute approximate surface area is 735 Å². The number of imidazole rings is 1. The van der Waals surface area contributed by atoms with Gasteiger partial charge in [-0.1, -0.05) is 264 Å². The van der Waals surface area contributed by atoms with Gasteiger partial charge in [0.05, 0.1) is 54.7 Å². The summed E-state index contributed by atoms with van der Waals surface area (Å²) in [7, 11) is -17.0. The molecule has 0 aliphatic rings. The number of ketones is 2. The van der Waals surface area contributed by atoms with Gasteiger partial charge in [-0.3, -0.25) is 9.59 Å². The number of aryl methyl sites for hydroxylation is 6. The molecule has 1 heterocycles. The predicted molar refractivity (Wildman–Crippen MR) is 510 cm³/mol. The molecule has 0 bridgehead atoms. The van der Waals surface area contributed by atoms with Crippen molar-refractivity contribution >= 4 is 70.6 Å². The quantitative estimate of drug-likeness (QED) is 0.0972. The third-order valence-corrected chi connectivity index (χ3v) is 34.7. The highest BCUT2D eigenvalue weighted by Crippen LogP contribution is 2.35. The van der Waals surface area contributed by atoms with Crippen LogP contribution in [0.4, 0.5) is 0 Å². The van der Waals surface area contributed by atoms with Crippen molar-refractivity contribution in [2.75, 3.05) is 5.75 Å². The van der Waals surface area contributed by atoms with Crippen LogP contribution in [0.3, 0.4) is 0 Å². The molecule has 22 heteroatoms. The van der Waals surface area contributed by atoms with Gasteiger partial charge in [0.2, 0.25) is 9.84 Å². The Morgan fingerprint density at radius 3 is 0.868 bits per heavy atom. The maximum Gasteiger partial charge on any atom is 0.202 e. The Morgan fingerprint density at radius 1 is 0.347 bits per heavy atom. The van der Waals surface area contributed by atoms with Crippen molar-refractivity contribution in [2.24, 2.45) is 23.3 Å². The Hall–Kier alpha value is -7.21. The molecule has 1 unspecified atom stereocenters. The van der Waals surface area contributed by atoms with Gasteiger partial charge in [0.1, 0.15) is 5.82 Å². The smallest absolute Gasteiger partial charge is 0.202 e. The van der Waals surface area contributed by atoms with Gasteiger partial charge < -0.3 is 4.57 Å². The monoisotopic (exact) mass is 1780 g/mol. The normalized spacial score (nSPS) is 12.8. The van der Waals surface area contributed by atoms with Crippen LogP contribution in [0.25, 0.3) is 0 Å². The summed E-state index contributed by atoms with van der Waals surface area (Å²) < 4.78 is 140. The van der Waals surface area contributed by atoms with Gasteiger partial charge in [0.15, 0.2) is 65.8 Å². The molecule has 121 heavy (non-hydrogen) atoms. The van der Waals surface area contributed by atoms with Crippen molar-refractivity contribution in [1.82, 2.24) is 9.55 Å². The van der Waals surface area contributed by atoms with Crippen LogP contribution in [-0.4, -0.2) is 106 Å². The van der Waals surface area contributed by atoms with Crippen LogP contribution >= 0.6 is 0 Å². The van der Waals surface area contributed by atoms with E-state index in [4.69, 9.17) is 0 Å². The molecule has 0 aliphatic heterocycles. The average Bonchev–Trinajstić information content (AvgIpc) is 1.18. The maximum atomic E-state index is 12.1. The van der Waals surface area contributed by atoms with Crippen molar-refractivity contribution in [3.05, 3.63) is 244 Å². The number of nitrogens with zero attached hydrogens (tertiary/aromatic N) is 2. The lowest BCUT2D eigenvalue weighted by molar-refractivity contribution is 0.0852. The highest BCUT2D eigenvalue weighted by Gasteiger charge is 2.36. The van der Waals surface area contributed by atoms with E-state index in [1.165, 1.54) is 16.7 Å². The Morgan fingerprint density at radius 2 is 0.628 bits per heavy atom. The summed E-state index contributed by atoms with van der Waals surface area (Å²) in [6, 6.07) is 56.5. The summed E-state index contributed by atoms with van der Waals surface area (Å²) in [5.74, 6) is 2.60. The van der Waals surface area contributed by atoms with E-state index in [2.05, 4.69) is 76.9 Å². The van der Waals surface area contributed by atoms with Crippen LogP contribution < -0.4 is 0 Å². The minimum atomic E-state index is -3.31. The number of benzene rings is 7.